The molecular formula is C12H19N. The fourth-order valence-electron chi connectivity index (χ4n) is 1.58. The van der Waals surface area contributed by atoms with Crippen molar-refractivity contribution in [3.8, 4) is 0 Å². The predicted octanol–water partition coefficient (Wildman–Crippen LogP) is 3.30. The molecule has 0 atom stereocenters. The van der Waals surface area contributed by atoms with Crippen LogP contribution in [0.3, 0.4) is 0 Å². The molecule has 0 aliphatic heterocycles. The SMILES string of the molecule is Cc1cc(C(C)(C)C)c(C)nc1C. The van der Waals surface area contributed by atoms with Gasteiger partial charge in [0.15, 0.2) is 0 Å². The minimum absolute atomic E-state index is 0.204. The second-order valence-corrected chi connectivity index (χ2v) is 4.77. The molecule has 0 aromatic carbocycles. The molecule has 1 aromatic rings. The second kappa shape index (κ2) is 3.13. The van der Waals surface area contributed by atoms with Gasteiger partial charge in [-0.1, -0.05) is 26.8 Å². The topological polar surface area (TPSA) is 12.9 Å². The molecule has 13 heavy (non-hydrogen) atoms. The van der Waals surface area contributed by atoms with Gasteiger partial charge in [0.05, 0.1) is 0 Å². The van der Waals surface area contributed by atoms with E-state index in [0.29, 0.717) is 0 Å². The van der Waals surface area contributed by atoms with Gasteiger partial charge in [-0.3, -0.25) is 4.98 Å². The Morgan fingerprint density at radius 2 is 1.54 bits per heavy atom. The number of nitrogens with zero attached hydrogens (tertiary/aromatic N) is 1. The van der Waals surface area contributed by atoms with E-state index in [1.54, 1.807) is 0 Å². The van der Waals surface area contributed by atoms with E-state index < -0.39 is 0 Å². The molecule has 0 saturated heterocycles. The van der Waals surface area contributed by atoms with Crippen LogP contribution in [0.25, 0.3) is 0 Å². The highest BCUT2D eigenvalue weighted by Crippen LogP contribution is 2.25. The van der Waals surface area contributed by atoms with Crippen molar-refractivity contribution >= 4 is 0 Å². The van der Waals surface area contributed by atoms with Crippen LogP contribution >= 0.6 is 0 Å². The zero-order valence-corrected chi connectivity index (χ0v) is 9.52. The largest absolute Gasteiger partial charge is 0.258 e. The zero-order valence-electron chi connectivity index (χ0n) is 9.52. The van der Waals surface area contributed by atoms with Crippen LogP contribution in [0.1, 0.15) is 43.3 Å². The Labute approximate surface area is 81.2 Å². The molecule has 0 amide bonds. The van der Waals surface area contributed by atoms with Crippen molar-refractivity contribution in [1.82, 2.24) is 4.98 Å². The van der Waals surface area contributed by atoms with E-state index in [4.69, 9.17) is 0 Å². The van der Waals surface area contributed by atoms with E-state index in [-0.39, 0.29) is 5.41 Å². The summed E-state index contributed by atoms with van der Waals surface area (Å²) in [7, 11) is 0. The first kappa shape index (κ1) is 10.2. The van der Waals surface area contributed by atoms with Crippen LogP contribution in [-0.2, 0) is 5.41 Å². The van der Waals surface area contributed by atoms with Gasteiger partial charge in [0, 0.05) is 11.4 Å². The molecular weight excluding hydrogens is 158 g/mol. The number of aromatic nitrogens is 1. The fourth-order valence-corrected chi connectivity index (χ4v) is 1.58. The highest BCUT2D eigenvalue weighted by Gasteiger charge is 2.17. The van der Waals surface area contributed by atoms with Crippen molar-refractivity contribution in [1.29, 1.82) is 0 Å². The predicted molar refractivity (Wildman–Crippen MR) is 57.1 cm³/mol. The van der Waals surface area contributed by atoms with E-state index in [9.17, 15) is 0 Å². The van der Waals surface area contributed by atoms with Gasteiger partial charge in [0.1, 0.15) is 0 Å². The van der Waals surface area contributed by atoms with Crippen molar-refractivity contribution in [2.45, 2.75) is 47.0 Å². The first-order chi connectivity index (χ1) is 5.82. The number of hydrogen-bond donors (Lipinski definition) is 0. The molecule has 1 heteroatoms. The maximum absolute atomic E-state index is 4.54. The summed E-state index contributed by atoms with van der Waals surface area (Å²) in [5.74, 6) is 0. The molecule has 0 aliphatic rings. The van der Waals surface area contributed by atoms with E-state index in [2.05, 4.69) is 52.6 Å². The van der Waals surface area contributed by atoms with Crippen LogP contribution in [0, 0.1) is 20.8 Å². The Bertz CT molecular complexity index is 319. The molecule has 0 aliphatic carbocycles. The van der Waals surface area contributed by atoms with Crippen LogP contribution in [-0.4, -0.2) is 4.98 Å². The van der Waals surface area contributed by atoms with Crippen LogP contribution in [0.5, 0.6) is 0 Å². The minimum atomic E-state index is 0.204. The maximum Gasteiger partial charge on any atom is 0.0413 e. The smallest absolute Gasteiger partial charge is 0.0413 e. The molecule has 0 fully saturated rings. The minimum Gasteiger partial charge on any atom is -0.258 e. The standard InChI is InChI=1S/C12H19N/c1-8-7-11(12(4,5)6)10(3)13-9(8)2/h7H,1-6H3. The lowest BCUT2D eigenvalue weighted by atomic mass is 9.85. The van der Waals surface area contributed by atoms with Crippen molar-refractivity contribution < 1.29 is 0 Å². The first-order valence-electron chi connectivity index (χ1n) is 4.77. The third kappa shape index (κ3) is 2.09. The quantitative estimate of drug-likeness (QED) is 0.592. The molecule has 0 bridgehead atoms. The van der Waals surface area contributed by atoms with Gasteiger partial charge >= 0.3 is 0 Å². The third-order valence-electron chi connectivity index (χ3n) is 2.46. The Balaban J connectivity index is 3.32. The average molecular weight is 177 g/mol. The highest BCUT2D eigenvalue weighted by atomic mass is 14.7. The van der Waals surface area contributed by atoms with Crippen molar-refractivity contribution in [3.05, 3.63) is 28.6 Å². The molecule has 0 spiro atoms. The summed E-state index contributed by atoms with van der Waals surface area (Å²) in [6, 6.07) is 2.26. The number of rotatable bonds is 0. The summed E-state index contributed by atoms with van der Waals surface area (Å²) in [6.07, 6.45) is 0. The Morgan fingerprint density at radius 1 is 1.00 bits per heavy atom. The summed E-state index contributed by atoms with van der Waals surface area (Å²) in [4.78, 5) is 4.54. The Kier molecular flexibility index (Phi) is 2.47. The van der Waals surface area contributed by atoms with Gasteiger partial charge < -0.3 is 0 Å². The highest BCUT2D eigenvalue weighted by molar-refractivity contribution is 5.33. The number of pyridine rings is 1. The average Bonchev–Trinajstić information content (AvgIpc) is 1.94. The van der Waals surface area contributed by atoms with Crippen molar-refractivity contribution in [2.24, 2.45) is 0 Å². The number of aryl methyl sites for hydroxylation is 3. The fraction of sp³-hybridized carbons (Fsp3) is 0.583. The summed E-state index contributed by atoms with van der Waals surface area (Å²) < 4.78 is 0. The van der Waals surface area contributed by atoms with Crippen LogP contribution in [0.4, 0.5) is 0 Å². The molecule has 0 N–H and O–H groups in total. The zero-order chi connectivity index (χ0) is 10.2. The lowest BCUT2D eigenvalue weighted by Gasteiger charge is -2.22. The molecule has 0 saturated carbocycles. The Morgan fingerprint density at radius 3 is 2.00 bits per heavy atom. The maximum atomic E-state index is 4.54. The molecule has 0 unspecified atom stereocenters. The summed E-state index contributed by atoms with van der Waals surface area (Å²) in [5.41, 5.74) is 5.16. The summed E-state index contributed by atoms with van der Waals surface area (Å²) in [5, 5.41) is 0. The summed E-state index contributed by atoms with van der Waals surface area (Å²) >= 11 is 0. The van der Waals surface area contributed by atoms with E-state index in [1.165, 1.54) is 11.1 Å². The van der Waals surface area contributed by atoms with Gasteiger partial charge in [-0.25, -0.2) is 0 Å². The lowest BCUT2D eigenvalue weighted by molar-refractivity contribution is 0.581. The van der Waals surface area contributed by atoms with Gasteiger partial charge in [-0.05, 0) is 37.3 Å². The van der Waals surface area contributed by atoms with Crippen molar-refractivity contribution in [2.75, 3.05) is 0 Å². The second-order valence-electron chi connectivity index (χ2n) is 4.77. The molecule has 1 heterocycles. The molecule has 1 rings (SSSR count). The molecule has 1 nitrogen and oxygen atoms in total. The van der Waals surface area contributed by atoms with E-state index >= 15 is 0 Å². The molecule has 72 valence electrons. The normalized spacial score (nSPS) is 11.8. The number of hydrogen-bond acceptors (Lipinski definition) is 1. The monoisotopic (exact) mass is 177 g/mol. The Hall–Kier alpha value is -0.850. The summed E-state index contributed by atoms with van der Waals surface area (Å²) in [6.45, 7) is 13.0. The van der Waals surface area contributed by atoms with Crippen LogP contribution in [0.2, 0.25) is 0 Å². The lowest BCUT2D eigenvalue weighted by Crippen LogP contribution is -2.15. The van der Waals surface area contributed by atoms with E-state index in [0.717, 1.165) is 11.4 Å². The van der Waals surface area contributed by atoms with Crippen LogP contribution in [0.15, 0.2) is 6.07 Å². The van der Waals surface area contributed by atoms with E-state index in [1.807, 2.05) is 0 Å². The van der Waals surface area contributed by atoms with Gasteiger partial charge in [-0.15, -0.1) is 0 Å². The van der Waals surface area contributed by atoms with Gasteiger partial charge in [-0.2, -0.15) is 0 Å². The first-order valence-corrected chi connectivity index (χ1v) is 4.77. The van der Waals surface area contributed by atoms with Crippen molar-refractivity contribution in [3.63, 3.8) is 0 Å². The molecule has 1 aromatic heterocycles. The molecule has 0 radical (unpaired) electrons. The van der Waals surface area contributed by atoms with Crippen LogP contribution < -0.4 is 0 Å². The van der Waals surface area contributed by atoms with Gasteiger partial charge in [0.2, 0.25) is 0 Å². The van der Waals surface area contributed by atoms with Gasteiger partial charge in [0.25, 0.3) is 0 Å². The third-order valence-corrected chi connectivity index (χ3v) is 2.46.